The van der Waals surface area contributed by atoms with Crippen molar-refractivity contribution in [1.29, 1.82) is 0 Å². The fourth-order valence-electron chi connectivity index (χ4n) is 1.30. The largest absolute Gasteiger partial charge is 0.453 e. The predicted molar refractivity (Wildman–Crippen MR) is 60.9 cm³/mol. The summed E-state index contributed by atoms with van der Waals surface area (Å²) in [6.07, 6.45) is -0.739. The summed E-state index contributed by atoms with van der Waals surface area (Å²) < 4.78 is 4.32. The van der Waals surface area contributed by atoms with Crippen LogP contribution in [0.25, 0.3) is 0 Å². The van der Waals surface area contributed by atoms with E-state index in [1.54, 1.807) is 7.05 Å². The molecule has 0 rings (SSSR count). The van der Waals surface area contributed by atoms with Crippen LogP contribution in [0.4, 0.5) is 4.79 Å². The molecule has 0 aliphatic carbocycles. The quantitative estimate of drug-likeness (QED) is 0.683. The second kappa shape index (κ2) is 6.44. The topological polar surface area (TPSA) is 84.7 Å². The third kappa shape index (κ3) is 6.36. The van der Waals surface area contributed by atoms with Gasteiger partial charge in [-0.2, -0.15) is 0 Å². The number of nitrogens with two attached hydrogens (primary N) is 1. The van der Waals surface area contributed by atoms with E-state index in [9.17, 15) is 9.59 Å². The van der Waals surface area contributed by atoms with Gasteiger partial charge < -0.3 is 10.5 Å². The lowest BCUT2D eigenvalue weighted by Gasteiger charge is -2.28. The summed E-state index contributed by atoms with van der Waals surface area (Å²) in [7, 11) is 3.01. The first-order valence-corrected chi connectivity index (χ1v) is 5.07. The molecule has 0 atom stereocenters. The molecule has 94 valence electrons. The number of nitrogens with one attached hydrogen (secondary N) is 1. The Balaban J connectivity index is 4.00. The van der Waals surface area contributed by atoms with Crippen LogP contribution in [0.15, 0.2) is 0 Å². The number of imide groups is 1. The number of carbonyl (C=O) groups is 2. The van der Waals surface area contributed by atoms with E-state index >= 15 is 0 Å². The average Bonchev–Trinajstić information content (AvgIpc) is 2.16. The molecule has 16 heavy (non-hydrogen) atoms. The molecule has 0 aliphatic heterocycles. The molecule has 2 amide bonds. The van der Waals surface area contributed by atoms with E-state index in [4.69, 9.17) is 5.73 Å². The Bertz CT molecular complexity index is 254. The molecule has 0 radical (unpaired) electrons. The van der Waals surface area contributed by atoms with E-state index in [0.717, 1.165) is 0 Å². The van der Waals surface area contributed by atoms with E-state index in [-0.39, 0.29) is 17.9 Å². The molecule has 0 aliphatic rings. The van der Waals surface area contributed by atoms with Crippen LogP contribution >= 0.6 is 0 Å². The average molecular weight is 231 g/mol. The van der Waals surface area contributed by atoms with Crippen LogP contribution in [0.5, 0.6) is 0 Å². The summed E-state index contributed by atoms with van der Waals surface area (Å²) in [6, 6.07) is 0. The molecular formula is C10H21N3O3. The van der Waals surface area contributed by atoms with Crippen LogP contribution in [0.2, 0.25) is 0 Å². The van der Waals surface area contributed by atoms with E-state index in [1.165, 1.54) is 7.11 Å². The van der Waals surface area contributed by atoms with E-state index < -0.39 is 6.09 Å². The van der Waals surface area contributed by atoms with Crippen molar-refractivity contribution in [2.75, 3.05) is 33.8 Å². The Kier molecular flexibility index (Phi) is 5.98. The maximum atomic E-state index is 11.3. The number of ether oxygens (including phenoxy) is 1. The lowest BCUT2D eigenvalue weighted by Crippen LogP contribution is -2.43. The minimum Gasteiger partial charge on any atom is -0.453 e. The molecule has 6 nitrogen and oxygen atoms in total. The molecule has 6 heteroatoms. The van der Waals surface area contributed by atoms with Gasteiger partial charge in [-0.25, -0.2) is 4.79 Å². The Morgan fingerprint density at radius 3 is 2.44 bits per heavy atom. The summed E-state index contributed by atoms with van der Waals surface area (Å²) in [5.74, 6) is -0.387. The van der Waals surface area contributed by atoms with Crippen molar-refractivity contribution < 1.29 is 14.3 Å². The minimum absolute atomic E-state index is 0.0553. The number of hydrogen-bond acceptors (Lipinski definition) is 5. The predicted octanol–water partition coefficient (Wildman–Crippen LogP) is -0.214. The first kappa shape index (κ1) is 14.9. The third-order valence-corrected chi connectivity index (χ3v) is 2.09. The minimum atomic E-state index is -0.739. The highest BCUT2D eigenvalue weighted by Crippen LogP contribution is 2.13. The van der Waals surface area contributed by atoms with Gasteiger partial charge in [0.25, 0.3) is 0 Å². The number of hydrogen-bond donors (Lipinski definition) is 2. The number of methoxy groups -OCH3 is 1. The highest BCUT2D eigenvalue weighted by molar-refractivity contribution is 5.92. The number of likely N-dealkylation sites (N-methyl/N-ethyl adjacent to an activating group) is 1. The normalized spacial score (nSPS) is 11.4. The highest BCUT2D eigenvalue weighted by Gasteiger charge is 2.19. The molecule has 0 saturated heterocycles. The molecular weight excluding hydrogens is 210 g/mol. The van der Waals surface area contributed by atoms with Crippen molar-refractivity contribution in [3.8, 4) is 0 Å². The van der Waals surface area contributed by atoms with Gasteiger partial charge in [-0.15, -0.1) is 0 Å². The molecule has 0 heterocycles. The van der Waals surface area contributed by atoms with Gasteiger partial charge in [-0.1, -0.05) is 13.8 Å². The van der Waals surface area contributed by atoms with Gasteiger partial charge in [0, 0.05) is 6.54 Å². The zero-order valence-corrected chi connectivity index (χ0v) is 10.4. The van der Waals surface area contributed by atoms with Gasteiger partial charge >= 0.3 is 6.09 Å². The molecule has 0 unspecified atom stereocenters. The SMILES string of the molecule is COC(=O)NC(=O)CN(C)CC(C)(C)CN. The van der Waals surface area contributed by atoms with Gasteiger partial charge in [0.1, 0.15) is 0 Å². The fourth-order valence-corrected chi connectivity index (χ4v) is 1.30. The number of rotatable bonds is 5. The molecule has 0 aromatic carbocycles. The molecule has 0 aromatic rings. The van der Waals surface area contributed by atoms with Crippen molar-refractivity contribution in [2.24, 2.45) is 11.1 Å². The number of carbonyl (C=O) groups excluding carboxylic acids is 2. The summed E-state index contributed by atoms with van der Waals surface area (Å²) in [6.45, 7) is 5.38. The lowest BCUT2D eigenvalue weighted by molar-refractivity contribution is -0.121. The fraction of sp³-hybridized carbons (Fsp3) is 0.800. The Morgan fingerprint density at radius 1 is 1.44 bits per heavy atom. The second-order valence-electron chi connectivity index (χ2n) is 4.58. The molecule has 0 aromatic heterocycles. The zero-order valence-electron chi connectivity index (χ0n) is 10.4. The van der Waals surface area contributed by atoms with Crippen LogP contribution in [-0.4, -0.2) is 50.7 Å². The summed E-state index contributed by atoms with van der Waals surface area (Å²) in [5, 5.41) is 2.09. The highest BCUT2D eigenvalue weighted by atomic mass is 16.5. The standard InChI is InChI=1S/C10H21N3O3/c1-10(2,6-11)7-13(3)5-8(14)12-9(15)16-4/h5-7,11H2,1-4H3,(H,12,14,15). The summed E-state index contributed by atoms with van der Waals surface area (Å²) in [5.41, 5.74) is 5.53. The Morgan fingerprint density at radius 2 is 2.00 bits per heavy atom. The van der Waals surface area contributed by atoms with Crippen LogP contribution in [0, 0.1) is 5.41 Å². The van der Waals surface area contributed by atoms with Crippen LogP contribution in [0.3, 0.4) is 0 Å². The van der Waals surface area contributed by atoms with Crippen LogP contribution < -0.4 is 11.1 Å². The molecule has 3 N–H and O–H groups in total. The number of nitrogens with zero attached hydrogens (tertiary/aromatic N) is 1. The Labute approximate surface area is 96.1 Å². The monoisotopic (exact) mass is 231 g/mol. The first-order chi connectivity index (χ1) is 7.30. The first-order valence-electron chi connectivity index (χ1n) is 5.07. The van der Waals surface area contributed by atoms with Crippen molar-refractivity contribution in [3.63, 3.8) is 0 Å². The summed E-state index contributed by atoms with van der Waals surface area (Å²) in [4.78, 5) is 23.9. The van der Waals surface area contributed by atoms with Crippen molar-refractivity contribution in [2.45, 2.75) is 13.8 Å². The van der Waals surface area contributed by atoms with Crippen LogP contribution in [0.1, 0.15) is 13.8 Å². The maximum Gasteiger partial charge on any atom is 0.413 e. The third-order valence-electron chi connectivity index (χ3n) is 2.09. The molecule has 0 fully saturated rings. The molecule has 0 spiro atoms. The Hall–Kier alpha value is -1.14. The van der Waals surface area contributed by atoms with Crippen molar-refractivity contribution >= 4 is 12.0 Å². The smallest absolute Gasteiger partial charge is 0.413 e. The van der Waals surface area contributed by atoms with E-state index in [0.29, 0.717) is 13.1 Å². The molecule has 0 saturated carbocycles. The van der Waals surface area contributed by atoms with Gasteiger partial charge in [0.15, 0.2) is 0 Å². The van der Waals surface area contributed by atoms with Gasteiger partial charge in [0.2, 0.25) is 5.91 Å². The van der Waals surface area contributed by atoms with Gasteiger partial charge in [-0.05, 0) is 19.0 Å². The zero-order chi connectivity index (χ0) is 12.8. The second-order valence-corrected chi connectivity index (χ2v) is 4.58. The van der Waals surface area contributed by atoms with Gasteiger partial charge in [0.05, 0.1) is 13.7 Å². The van der Waals surface area contributed by atoms with Crippen molar-refractivity contribution in [3.05, 3.63) is 0 Å². The van der Waals surface area contributed by atoms with Crippen molar-refractivity contribution in [1.82, 2.24) is 10.2 Å². The van der Waals surface area contributed by atoms with Gasteiger partial charge in [-0.3, -0.25) is 15.0 Å². The lowest BCUT2D eigenvalue weighted by atomic mass is 9.93. The summed E-state index contributed by atoms with van der Waals surface area (Å²) >= 11 is 0. The van der Waals surface area contributed by atoms with E-state index in [1.807, 2.05) is 18.7 Å². The van der Waals surface area contributed by atoms with E-state index in [2.05, 4.69) is 10.1 Å². The number of alkyl carbamates (subject to hydrolysis) is 1. The molecule has 0 bridgehead atoms. The maximum absolute atomic E-state index is 11.3. The number of amides is 2. The van der Waals surface area contributed by atoms with Crippen LogP contribution in [-0.2, 0) is 9.53 Å².